The summed E-state index contributed by atoms with van der Waals surface area (Å²) in [4.78, 5) is 36.9. The van der Waals surface area contributed by atoms with Gasteiger partial charge >= 0.3 is 11.8 Å². The molecule has 2 heterocycles. The van der Waals surface area contributed by atoms with Crippen LogP contribution >= 0.6 is 0 Å². The van der Waals surface area contributed by atoms with Gasteiger partial charge in [-0.05, 0) is 38.0 Å². The summed E-state index contributed by atoms with van der Waals surface area (Å²) in [7, 11) is 0. The number of carbonyl (C=O) groups is 2. The highest BCUT2D eigenvalue weighted by Crippen LogP contribution is 2.22. The van der Waals surface area contributed by atoms with Crippen LogP contribution in [0.25, 0.3) is 0 Å². The van der Waals surface area contributed by atoms with Crippen molar-refractivity contribution < 1.29 is 9.59 Å². The molecule has 1 aromatic carbocycles. The van der Waals surface area contributed by atoms with Crippen LogP contribution in [0.1, 0.15) is 16.7 Å². The van der Waals surface area contributed by atoms with Gasteiger partial charge in [-0.1, -0.05) is 17.7 Å². The standard InChI is InChI=1S/C19H23N5O2/c1-13-11-14(2)16(15(3)12-13)22-17(25)18(26)23-7-9-24(10-8-23)19-20-5-4-6-21-19/h4-6,11-12H,7-10H2,1-3H3,(H,22,25). The molecular weight excluding hydrogens is 330 g/mol. The van der Waals surface area contributed by atoms with Crippen molar-refractivity contribution in [2.75, 3.05) is 36.4 Å². The van der Waals surface area contributed by atoms with Crippen LogP contribution in [0.15, 0.2) is 30.6 Å². The molecule has 2 amide bonds. The molecule has 0 saturated carbocycles. The molecule has 0 radical (unpaired) electrons. The number of nitrogens with one attached hydrogen (secondary N) is 1. The van der Waals surface area contributed by atoms with E-state index in [0.717, 1.165) is 16.7 Å². The maximum absolute atomic E-state index is 12.5. The molecule has 0 unspecified atom stereocenters. The van der Waals surface area contributed by atoms with Crippen molar-refractivity contribution in [2.24, 2.45) is 0 Å². The maximum atomic E-state index is 12.5. The number of hydrogen-bond acceptors (Lipinski definition) is 5. The molecule has 3 rings (SSSR count). The zero-order chi connectivity index (χ0) is 18.7. The Bertz CT molecular complexity index is 791. The van der Waals surface area contributed by atoms with Crippen molar-refractivity contribution in [1.29, 1.82) is 0 Å². The summed E-state index contributed by atoms with van der Waals surface area (Å²) in [5.41, 5.74) is 3.75. The van der Waals surface area contributed by atoms with E-state index in [1.165, 1.54) is 0 Å². The van der Waals surface area contributed by atoms with Gasteiger partial charge in [0.1, 0.15) is 0 Å². The summed E-state index contributed by atoms with van der Waals surface area (Å²) in [6.07, 6.45) is 3.39. The third-order valence-corrected chi connectivity index (χ3v) is 4.51. The largest absolute Gasteiger partial charge is 0.337 e. The van der Waals surface area contributed by atoms with Crippen molar-refractivity contribution in [3.8, 4) is 0 Å². The quantitative estimate of drug-likeness (QED) is 0.831. The van der Waals surface area contributed by atoms with Crippen LogP contribution < -0.4 is 10.2 Å². The minimum absolute atomic E-state index is 0.469. The molecule has 26 heavy (non-hydrogen) atoms. The lowest BCUT2D eigenvalue weighted by Gasteiger charge is -2.34. The number of hydrogen-bond donors (Lipinski definition) is 1. The highest BCUT2D eigenvalue weighted by molar-refractivity contribution is 6.39. The number of rotatable bonds is 2. The summed E-state index contributed by atoms with van der Waals surface area (Å²) in [5, 5.41) is 2.78. The van der Waals surface area contributed by atoms with Gasteiger partial charge in [-0.15, -0.1) is 0 Å². The lowest BCUT2D eigenvalue weighted by atomic mass is 10.1. The zero-order valence-corrected chi connectivity index (χ0v) is 15.3. The molecule has 0 atom stereocenters. The van der Waals surface area contributed by atoms with Crippen LogP contribution in [0, 0.1) is 20.8 Å². The summed E-state index contributed by atoms with van der Waals surface area (Å²) < 4.78 is 0. The van der Waals surface area contributed by atoms with Gasteiger partial charge in [0.2, 0.25) is 5.95 Å². The molecule has 1 fully saturated rings. The minimum Gasteiger partial charge on any atom is -0.337 e. The number of aromatic nitrogens is 2. The molecule has 1 aliphatic rings. The molecule has 0 aliphatic carbocycles. The molecule has 1 saturated heterocycles. The molecule has 1 aliphatic heterocycles. The second kappa shape index (κ2) is 7.51. The van der Waals surface area contributed by atoms with E-state index in [9.17, 15) is 9.59 Å². The number of anilines is 2. The van der Waals surface area contributed by atoms with Gasteiger partial charge in [-0.3, -0.25) is 9.59 Å². The summed E-state index contributed by atoms with van der Waals surface area (Å²) in [6.45, 7) is 8.01. The van der Waals surface area contributed by atoms with E-state index in [2.05, 4.69) is 15.3 Å². The molecule has 1 aromatic heterocycles. The van der Waals surface area contributed by atoms with E-state index < -0.39 is 11.8 Å². The molecule has 2 aromatic rings. The fourth-order valence-electron chi connectivity index (χ4n) is 3.25. The van der Waals surface area contributed by atoms with Crippen LogP contribution in [0.3, 0.4) is 0 Å². The molecule has 136 valence electrons. The number of amides is 2. The Balaban J connectivity index is 1.61. The van der Waals surface area contributed by atoms with Crippen molar-refractivity contribution >= 4 is 23.5 Å². The highest BCUT2D eigenvalue weighted by atomic mass is 16.2. The molecular formula is C19H23N5O2. The average Bonchev–Trinajstić information content (AvgIpc) is 2.64. The topological polar surface area (TPSA) is 78.4 Å². The minimum atomic E-state index is -0.593. The van der Waals surface area contributed by atoms with Crippen molar-refractivity contribution in [3.05, 3.63) is 47.3 Å². The lowest BCUT2D eigenvalue weighted by Crippen LogP contribution is -2.52. The summed E-state index contributed by atoms with van der Waals surface area (Å²) in [5.74, 6) is -0.447. The molecule has 0 spiro atoms. The monoisotopic (exact) mass is 353 g/mol. The van der Waals surface area contributed by atoms with Gasteiger partial charge in [0.15, 0.2) is 0 Å². The Morgan fingerprint density at radius 1 is 0.962 bits per heavy atom. The van der Waals surface area contributed by atoms with Gasteiger partial charge in [0, 0.05) is 44.3 Å². The number of piperazine rings is 1. The average molecular weight is 353 g/mol. The van der Waals surface area contributed by atoms with Crippen LogP contribution in [-0.2, 0) is 9.59 Å². The van der Waals surface area contributed by atoms with Crippen LogP contribution in [0.4, 0.5) is 11.6 Å². The van der Waals surface area contributed by atoms with E-state index in [-0.39, 0.29) is 0 Å². The second-order valence-electron chi connectivity index (χ2n) is 6.56. The molecule has 7 heteroatoms. The number of carbonyl (C=O) groups excluding carboxylic acids is 2. The Morgan fingerprint density at radius 2 is 1.54 bits per heavy atom. The molecule has 0 bridgehead atoms. The fourth-order valence-corrected chi connectivity index (χ4v) is 3.25. The van der Waals surface area contributed by atoms with Gasteiger partial charge in [-0.2, -0.15) is 0 Å². The predicted molar refractivity (Wildman–Crippen MR) is 100 cm³/mol. The Hall–Kier alpha value is -2.96. The fraction of sp³-hybridized carbons (Fsp3) is 0.368. The lowest BCUT2D eigenvalue weighted by molar-refractivity contribution is -0.143. The first kappa shape index (κ1) is 17.8. The number of nitrogens with zero attached hydrogens (tertiary/aromatic N) is 4. The Kier molecular flexibility index (Phi) is 5.16. The predicted octanol–water partition coefficient (Wildman–Crippen LogP) is 1.69. The summed E-state index contributed by atoms with van der Waals surface area (Å²) in [6, 6.07) is 5.75. The SMILES string of the molecule is Cc1cc(C)c(NC(=O)C(=O)N2CCN(c3ncccn3)CC2)c(C)c1. The van der Waals surface area contributed by atoms with Gasteiger partial charge < -0.3 is 15.1 Å². The van der Waals surface area contributed by atoms with E-state index in [1.807, 2.05) is 37.8 Å². The third kappa shape index (κ3) is 3.82. The smallest absolute Gasteiger partial charge is 0.313 e. The van der Waals surface area contributed by atoms with Crippen molar-refractivity contribution in [2.45, 2.75) is 20.8 Å². The molecule has 7 nitrogen and oxygen atoms in total. The Morgan fingerprint density at radius 3 is 2.12 bits per heavy atom. The number of benzene rings is 1. The summed E-state index contributed by atoms with van der Waals surface area (Å²) >= 11 is 0. The van der Waals surface area contributed by atoms with E-state index >= 15 is 0 Å². The number of aryl methyl sites for hydroxylation is 3. The van der Waals surface area contributed by atoms with Crippen LogP contribution in [0.2, 0.25) is 0 Å². The van der Waals surface area contributed by atoms with Crippen LogP contribution in [-0.4, -0.2) is 52.9 Å². The second-order valence-corrected chi connectivity index (χ2v) is 6.56. The van der Waals surface area contributed by atoms with Gasteiger partial charge in [-0.25, -0.2) is 9.97 Å². The van der Waals surface area contributed by atoms with E-state index in [0.29, 0.717) is 37.8 Å². The van der Waals surface area contributed by atoms with Crippen molar-refractivity contribution in [3.63, 3.8) is 0 Å². The molecule has 1 N–H and O–H groups in total. The normalized spacial score (nSPS) is 14.3. The Labute approximate surface area is 153 Å². The zero-order valence-electron chi connectivity index (χ0n) is 15.3. The maximum Gasteiger partial charge on any atom is 0.313 e. The first-order valence-electron chi connectivity index (χ1n) is 8.66. The third-order valence-electron chi connectivity index (χ3n) is 4.51. The van der Waals surface area contributed by atoms with Crippen molar-refractivity contribution in [1.82, 2.24) is 14.9 Å². The van der Waals surface area contributed by atoms with Crippen LogP contribution in [0.5, 0.6) is 0 Å². The first-order chi connectivity index (χ1) is 12.5. The van der Waals surface area contributed by atoms with Gasteiger partial charge in [0.25, 0.3) is 0 Å². The first-order valence-corrected chi connectivity index (χ1v) is 8.66. The van der Waals surface area contributed by atoms with Gasteiger partial charge in [0.05, 0.1) is 0 Å². The van der Waals surface area contributed by atoms with E-state index in [4.69, 9.17) is 0 Å². The highest BCUT2D eigenvalue weighted by Gasteiger charge is 2.27. The van der Waals surface area contributed by atoms with E-state index in [1.54, 1.807) is 23.4 Å².